The summed E-state index contributed by atoms with van der Waals surface area (Å²) in [6.07, 6.45) is 0.828. The molecule has 0 bridgehead atoms. The number of aryl methyl sites for hydroxylation is 1. The molecular weight excluding hydrogens is 493 g/mol. The number of halogens is 2. The molecule has 2 aromatic carbocycles. The molecule has 28 heavy (non-hydrogen) atoms. The predicted octanol–water partition coefficient (Wildman–Crippen LogP) is 4.62. The molecule has 0 aliphatic rings. The van der Waals surface area contributed by atoms with Gasteiger partial charge in [0.2, 0.25) is 0 Å². The van der Waals surface area contributed by atoms with Gasteiger partial charge in [-0.3, -0.25) is 0 Å². The minimum Gasteiger partial charge on any atom is -0.495 e. The van der Waals surface area contributed by atoms with Crippen molar-refractivity contribution in [3.05, 3.63) is 52.5 Å². The Labute approximate surface area is 188 Å². The number of guanidine groups is 1. The van der Waals surface area contributed by atoms with Gasteiger partial charge < -0.3 is 25.3 Å². The van der Waals surface area contributed by atoms with Gasteiger partial charge in [0, 0.05) is 31.4 Å². The number of nitrogens with one attached hydrogen (secondary N) is 1. The van der Waals surface area contributed by atoms with E-state index in [1.54, 1.807) is 26.4 Å². The molecule has 0 saturated carbocycles. The van der Waals surface area contributed by atoms with Gasteiger partial charge in [0.25, 0.3) is 0 Å². The molecule has 0 amide bonds. The lowest BCUT2D eigenvalue weighted by molar-refractivity contribution is 0.172. The summed E-state index contributed by atoms with van der Waals surface area (Å²) in [5.74, 6) is 1.71. The van der Waals surface area contributed by atoms with Gasteiger partial charge in [-0.25, -0.2) is 4.99 Å². The van der Waals surface area contributed by atoms with Crippen molar-refractivity contribution in [2.75, 3.05) is 32.8 Å². The van der Waals surface area contributed by atoms with Crippen LogP contribution in [0.5, 0.6) is 11.5 Å². The van der Waals surface area contributed by atoms with E-state index in [4.69, 9.17) is 31.5 Å². The van der Waals surface area contributed by atoms with Crippen molar-refractivity contribution in [3.8, 4) is 11.5 Å². The van der Waals surface area contributed by atoms with Crippen LogP contribution in [0.4, 0.5) is 5.69 Å². The number of hydrogen-bond donors (Lipinski definition) is 2. The minimum absolute atomic E-state index is 0. The van der Waals surface area contributed by atoms with Crippen LogP contribution in [0.25, 0.3) is 0 Å². The summed E-state index contributed by atoms with van der Waals surface area (Å²) in [6, 6.07) is 11.4. The zero-order valence-corrected chi connectivity index (χ0v) is 19.4. The molecule has 0 unspecified atom stereocenters. The first-order valence-electron chi connectivity index (χ1n) is 8.65. The maximum absolute atomic E-state index is 6.12. The smallest absolute Gasteiger partial charge is 0.193 e. The molecule has 0 aliphatic heterocycles. The first-order chi connectivity index (χ1) is 13.0. The highest BCUT2D eigenvalue weighted by molar-refractivity contribution is 14.0. The summed E-state index contributed by atoms with van der Waals surface area (Å²) in [4.78, 5) is 4.40. The summed E-state index contributed by atoms with van der Waals surface area (Å²) < 4.78 is 16.1. The molecule has 154 valence electrons. The number of rotatable bonds is 9. The van der Waals surface area contributed by atoms with Gasteiger partial charge in [-0.1, -0.05) is 23.7 Å². The monoisotopic (exact) mass is 519 g/mol. The summed E-state index contributed by atoms with van der Waals surface area (Å²) >= 11 is 6.12. The summed E-state index contributed by atoms with van der Waals surface area (Å²) in [7, 11) is 3.25. The Hall–Kier alpha value is -1.71. The number of methoxy groups -OCH3 is 2. The van der Waals surface area contributed by atoms with Gasteiger partial charge in [0.15, 0.2) is 5.96 Å². The highest BCUT2D eigenvalue weighted by Crippen LogP contribution is 2.27. The minimum atomic E-state index is 0. The van der Waals surface area contributed by atoms with Crippen LogP contribution in [0.2, 0.25) is 5.02 Å². The van der Waals surface area contributed by atoms with Crippen LogP contribution in [0.15, 0.2) is 41.4 Å². The summed E-state index contributed by atoms with van der Waals surface area (Å²) in [5.41, 5.74) is 8.84. The Bertz CT molecular complexity index is 787. The van der Waals surface area contributed by atoms with Crippen LogP contribution in [0.1, 0.15) is 17.5 Å². The fourth-order valence-electron chi connectivity index (χ4n) is 2.41. The van der Waals surface area contributed by atoms with Crippen molar-refractivity contribution in [3.63, 3.8) is 0 Å². The van der Waals surface area contributed by atoms with Gasteiger partial charge in [-0.05, 0) is 36.8 Å². The van der Waals surface area contributed by atoms with Crippen LogP contribution in [-0.4, -0.2) is 33.4 Å². The lowest BCUT2D eigenvalue weighted by atomic mass is 10.1. The summed E-state index contributed by atoms with van der Waals surface area (Å²) in [6.45, 7) is 3.69. The van der Waals surface area contributed by atoms with Crippen molar-refractivity contribution in [1.82, 2.24) is 0 Å². The Morgan fingerprint density at radius 1 is 1.11 bits per heavy atom. The zero-order valence-electron chi connectivity index (χ0n) is 16.3. The molecule has 3 N–H and O–H groups in total. The molecule has 2 rings (SSSR count). The van der Waals surface area contributed by atoms with E-state index in [-0.39, 0.29) is 24.0 Å². The number of hydrogen-bond acceptors (Lipinski definition) is 4. The van der Waals surface area contributed by atoms with E-state index in [9.17, 15) is 0 Å². The fraction of sp³-hybridized carbons (Fsp3) is 0.350. The van der Waals surface area contributed by atoms with E-state index < -0.39 is 0 Å². The molecule has 0 heterocycles. The predicted molar refractivity (Wildman–Crippen MR) is 126 cm³/mol. The molecular formula is C20H27ClIN3O3. The van der Waals surface area contributed by atoms with Crippen LogP contribution < -0.4 is 20.5 Å². The van der Waals surface area contributed by atoms with E-state index in [2.05, 4.69) is 10.3 Å². The van der Waals surface area contributed by atoms with Crippen molar-refractivity contribution >= 4 is 47.2 Å². The molecule has 0 aromatic heterocycles. The molecule has 2 aromatic rings. The van der Waals surface area contributed by atoms with Crippen LogP contribution in [0, 0.1) is 6.92 Å². The molecule has 6 nitrogen and oxygen atoms in total. The molecule has 0 aliphatic carbocycles. The third kappa shape index (κ3) is 7.73. The van der Waals surface area contributed by atoms with Gasteiger partial charge in [-0.15, -0.1) is 24.0 Å². The number of ether oxygens (including phenoxy) is 3. The first kappa shape index (κ1) is 24.3. The average Bonchev–Trinajstić information content (AvgIpc) is 2.64. The van der Waals surface area contributed by atoms with Gasteiger partial charge in [-0.2, -0.15) is 0 Å². The third-order valence-corrected chi connectivity index (χ3v) is 4.11. The largest absolute Gasteiger partial charge is 0.495 e. The highest BCUT2D eigenvalue weighted by atomic mass is 127. The second-order valence-corrected chi connectivity index (χ2v) is 6.39. The molecule has 0 saturated heterocycles. The molecule has 0 fully saturated rings. The second kappa shape index (κ2) is 12.7. The molecule has 0 radical (unpaired) electrons. The van der Waals surface area contributed by atoms with E-state index in [0.717, 1.165) is 29.0 Å². The van der Waals surface area contributed by atoms with Gasteiger partial charge in [0.1, 0.15) is 11.5 Å². The van der Waals surface area contributed by atoms with Gasteiger partial charge in [0.05, 0.1) is 25.3 Å². The van der Waals surface area contributed by atoms with Crippen molar-refractivity contribution in [2.24, 2.45) is 10.7 Å². The van der Waals surface area contributed by atoms with Gasteiger partial charge >= 0.3 is 0 Å². The number of nitrogens with two attached hydrogens (primary N) is 1. The maximum atomic E-state index is 6.12. The van der Waals surface area contributed by atoms with Crippen LogP contribution in [0.3, 0.4) is 0 Å². The van der Waals surface area contributed by atoms with Crippen molar-refractivity contribution in [1.29, 1.82) is 0 Å². The Morgan fingerprint density at radius 2 is 1.89 bits per heavy atom. The topological polar surface area (TPSA) is 78.1 Å². The number of aliphatic imine (C=N–C) groups is 1. The molecule has 8 heteroatoms. The highest BCUT2D eigenvalue weighted by Gasteiger charge is 2.06. The lowest BCUT2D eigenvalue weighted by Gasteiger charge is -2.12. The number of nitrogens with zero attached hydrogens (tertiary/aromatic N) is 1. The molecule has 0 atom stereocenters. The second-order valence-electron chi connectivity index (χ2n) is 5.98. The average molecular weight is 520 g/mol. The van der Waals surface area contributed by atoms with E-state index in [1.165, 1.54) is 0 Å². The van der Waals surface area contributed by atoms with E-state index in [0.29, 0.717) is 36.5 Å². The normalized spacial score (nSPS) is 10.9. The van der Waals surface area contributed by atoms with Crippen molar-refractivity contribution in [2.45, 2.75) is 19.9 Å². The Kier molecular flexibility index (Phi) is 11.0. The molecule has 0 spiro atoms. The first-order valence-corrected chi connectivity index (χ1v) is 9.03. The maximum Gasteiger partial charge on any atom is 0.193 e. The summed E-state index contributed by atoms with van der Waals surface area (Å²) in [5, 5.41) is 3.53. The SMILES string of the molecule is COCCCOc1cc(C)ccc1CN=C(N)Nc1ccc(OC)c(Cl)c1.I. The van der Waals surface area contributed by atoms with E-state index in [1.807, 2.05) is 31.2 Å². The fourth-order valence-corrected chi connectivity index (χ4v) is 2.67. The number of benzene rings is 2. The number of anilines is 1. The van der Waals surface area contributed by atoms with E-state index >= 15 is 0 Å². The Balaban J connectivity index is 0.00000392. The van der Waals surface area contributed by atoms with Crippen molar-refractivity contribution < 1.29 is 14.2 Å². The van der Waals surface area contributed by atoms with Crippen LogP contribution in [-0.2, 0) is 11.3 Å². The Morgan fingerprint density at radius 3 is 2.57 bits per heavy atom. The quantitative estimate of drug-likeness (QED) is 0.219. The third-order valence-electron chi connectivity index (χ3n) is 3.82. The lowest BCUT2D eigenvalue weighted by Crippen LogP contribution is -2.22. The standard InChI is InChI=1S/C20H26ClN3O3.HI/c1-14-5-6-15(19(11-14)27-10-4-9-25-2)13-23-20(22)24-16-7-8-18(26-3)17(21)12-16;/h5-8,11-12H,4,9-10,13H2,1-3H3,(H3,22,23,24);1H. The van der Waals surface area contributed by atoms with Crippen LogP contribution >= 0.6 is 35.6 Å². The zero-order chi connectivity index (χ0) is 19.6.